The summed E-state index contributed by atoms with van der Waals surface area (Å²) in [6.07, 6.45) is -6.38. The first kappa shape index (κ1) is 35.6. The van der Waals surface area contributed by atoms with E-state index in [1.165, 1.54) is 0 Å². The number of carbonyl (C=O) groups is 1. The molecule has 46 heavy (non-hydrogen) atoms. The van der Waals surface area contributed by atoms with Crippen molar-refractivity contribution in [2.24, 2.45) is 5.92 Å². The summed E-state index contributed by atoms with van der Waals surface area (Å²) in [5.74, 6) is -0.172. The minimum atomic E-state index is -4.91. The Hall–Kier alpha value is -3.25. The third kappa shape index (κ3) is 9.40. The number of hydrogen-bond acceptors (Lipinski definition) is 9. The average Bonchev–Trinajstić information content (AvgIpc) is 3.42. The number of amides is 1. The molecule has 11 nitrogen and oxygen atoms in total. The molecule has 1 amide bonds. The third-order valence-corrected chi connectivity index (χ3v) is 9.64. The Morgan fingerprint density at radius 1 is 1.02 bits per heavy atom. The van der Waals surface area contributed by atoms with Gasteiger partial charge in [-0.05, 0) is 25.9 Å². The fourth-order valence-corrected chi connectivity index (χ4v) is 6.16. The Bertz CT molecular complexity index is 1390. The summed E-state index contributed by atoms with van der Waals surface area (Å²) in [5.41, 5.74) is -3.96. The average molecular weight is 679 g/mol. The molecule has 0 aliphatic carbocycles. The van der Waals surface area contributed by atoms with Crippen LogP contribution in [0.3, 0.4) is 0 Å². The quantitative estimate of drug-likeness (QED) is 0.216. The number of anilines is 2. The van der Waals surface area contributed by atoms with Crippen molar-refractivity contribution in [1.82, 2.24) is 29.5 Å². The molecule has 0 saturated carbocycles. The van der Waals surface area contributed by atoms with Crippen LogP contribution in [0.5, 0.6) is 0 Å². The second-order valence-electron chi connectivity index (χ2n) is 13.0. The monoisotopic (exact) mass is 678 g/mol. The molecule has 1 unspecified atom stereocenters. The second-order valence-corrected chi connectivity index (χ2v) is 18.6. The summed E-state index contributed by atoms with van der Waals surface area (Å²) >= 11 is 0. The van der Waals surface area contributed by atoms with Crippen LogP contribution >= 0.6 is 0 Å². The number of nitrogens with one attached hydrogen (secondary N) is 1. The highest BCUT2D eigenvalue weighted by molar-refractivity contribution is 6.76. The molecule has 2 saturated heterocycles. The molecule has 2 aliphatic heterocycles. The fraction of sp³-hybridized carbons (Fsp3) is 0.679. The largest absolute Gasteiger partial charge is 0.423 e. The van der Waals surface area contributed by atoms with Gasteiger partial charge < -0.3 is 24.8 Å². The van der Waals surface area contributed by atoms with Gasteiger partial charge in [-0.15, -0.1) is 0 Å². The zero-order valence-corrected chi connectivity index (χ0v) is 27.3. The topological polar surface area (TPSA) is 109 Å². The lowest BCUT2D eigenvalue weighted by atomic mass is 10.1. The van der Waals surface area contributed by atoms with Crippen molar-refractivity contribution in [3.63, 3.8) is 0 Å². The number of hydrogen-bond donors (Lipinski definition) is 1. The number of ether oxygens (including phenoxy) is 1. The SMILES string of the molecule is CC(CN1CC[C@H](C(=O)N2CCN(c3ncc(C(F)(F)F)cn3)CC2)C1)Nc1cnn(COCC[Si](C)(C)C)c(=O)c1C(F)(F)F. The highest BCUT2D eigenvalue weighted by Gasteiger charge is 2.39. The van der Waals surface area contributed by atoms with Gasteiger partial charge in [0, 0.05) is 72.4 Å². The van der Waals surface area contributed by atoms with E-state index in [2.05, 4.69) is 40.0 Å². The molecule has 0 radical (unpaired) electrons. The van der Waals surface area contributed by atoms with Crippen LogP contribution in [0.4, 0.5) is 38.0 Å². The Balaban J connectivity index is 1.28. The van der Waals surface area contributed by atoms with Crippen LogP contribution in [-0.4, -0.2) is 102 Å². The van der Waals surface area contributed by atoms with Crippen LogP contribution in [0, 0.1) is 5.92 Å². The first-order valence-electron chi connectivity index (χ1n) is 15.1. The Labute approximate surface area is 263 Å². The molecule has 4 rings (SSSR count). The van der Waals surface area contributed by atoms with Gasteiger partial charge in [-0.25, -0.2) is 14.6 Å². The number of rotatable bonds is 11. The number of nitrogens with zero attached hydrogens (tertiary/aromatic N) is 7. The van der Waals surface area contributed by atoms with E-state index in [1.54, 1.807) is 16.7 Å². The maximum absolute atomic E-state index is 14.0. The lowest BCUT2D eigenvalue weighted by Gasteiger charge is -2.36. The van der Waals surface area contributed by atoms with Gasteiger partial charge in [0.05, 0.1) is 23.4 Å². The van der Waals surface area contributed by atoms with Gasteiger partial charge in [0.2, 0.25) is 11.9 Å². The van der Waals surface area contributed by atoms with Crippen LogP contribution in [0.2, 0.25) is 25.7 Å². The lowest BCUT2D eigenvalue weighted by Crippen LogP contribution is -2.51. The van der Waals surface area contributed by atoms with Crippen molar-refractivity contribution < 1.29 is 35.9 Å². The zero-order valence-electron chi connectivity index (χ0n) is 26.3. The summed E-state index contributed by atoms with van der Waals surface area (Å²) < 4.78 is 86.4. The first-order chi connectivity index (χ1) is 21.4. The molecule has 0 aromatic carbocycles. The van der Waals surface area contributed by atoms with Crippen molar-refractivity contribution in [2.75, 3.05) is 62.6 Å². The van der Waals surface area contributed by atoms with Gasteiger partial charge in [0.1, 0.15) is 12.3 Å². The van der Waals surface area contributed by atoms with Gasteiger partial charge in [0.25, 0.3) is 5.56 Å². The molecular formula is C28H40F6N8O3Si. The highest BCUT2D eigenvalue weighted by Crippen LogP contribution is 2.32. The zero-order chi connectivity index (χ0) is 33.9. The molecular weight excluding hydrogens is 638 g/mol. The van der Waals surface area contributed by atoms with E-state index < -0.39 is 48.8 Å². The summed E-state index contributed by atoms with van der Waals surface area (Å²) in [6.45, 7) is 10.9. The smallest absolute Gasteiger partial charge is 0.379 e. The van der Waals surface area contributed by atoms with E-state index >= 15 is 0 Å². The number of carbonyl (C=O) groups excluding carboxylic acids is 1. The van der Waals surface area contributed by atoms with Crippen molar-refractivity contribution >= 4 is 25.6 Å². The van der Waals surface area contributed by atoms with Gasteiger partial charge in [-0.3, -0.25) is 9.59 Å². The van der Waals surface area contributed by atoms with E-state index in [0.717, 1.165) is 24.6 Å². The molecule has 2 fully saturated rings. The summed E-state index contributed by atoms with van der Waals surface area (Å²) in [7, 11) is -1.41. The van der Waals surface area contributed by atoms with Gasteiger partial charge in [0.15, 0.2) is 0 Å². The Morgan fingerprint density at radius 3 is 2.26 bits per heavy atom. The molecule has 0 bridgehead atoms. The van der Waals surface area contributed by atoms with Crippen LogP contribution in [0.25, 0.3) is 0 Å². The molecule has 18 heteroatoms. The summed E-state index contributed by atoms with van der Waals surface area (Å²) in [4.78, 5) is 39.0. The molecule has 2 atom stereocenters. The van der Waals surface area contributed by atoms with E-state index in [4.69, 9.17) is 4.74 Å². The van der Waals surface area contributed by atoms with E-state index in [0.29, 0.717) is 63.5 Å². The normalized spacial score (nSPS) is 19.0. The lowest BCUT2D eigenvalue weighted by molar-refractivity contribution is -0.139. The summed E-state index contributed by atoms with van der Waals surface area (Å²) in [5, 5.41) is 6.70. The van der Waals surface area contributed by atoms with Crippen molar-refractivity contribution in [3.8, 4) is 0 Å². The van der Waals surface area contributed by atoms with E-state index in [9.17, 15) is 35.9 Å². The first-order valence-corrected chi connectivity index (χ1v) is 18.8. The van der Waals surface area contributed by atoms with Crippen molar-refractivity contribution in [2.45, 2.75) is 64.2 Å². The predicted molar refractivity (Wildman–Crippen MR) is 161 cm³/mol. The highest BCUT2D eigenvalue weighted by atomic mass is 28.3. The van der Waals surface area contributed by atoms with Gasteiger partial charge in [-0.2, -0.15) is 31.4 Å². The summed E-state index contributed by atoms with van der Waals surface area (Å²) in [6, 6.07) is 0.304. The number of likely N-dealkylation sites (tertiary alicyclic amines) is 1. The maximum Gasteiger partial charge on any atom is 0.423 e. The van der Waals surface area contributed by atoms with Crippen LogP contribution in [0.15, 0.2) is 23.4 Å². The predicted octanol–water partition coefficient (Wildman–Crippen LogP) is 3.85. The minimum absolute atomic E-state index is 0.0460. The van der Waals surface area contributed by atoms with E-state index in [-0.39, 0.29) is 24.5 Å². The minimum Gasteiger partial charge on any atom is -0.379 e. The third-order valence-electron chi connectivity index (χ3n) is 7.93. The number of alkyl halides is 6. The van der Waals surface area contributed by atoms with Crippen LogP contribution in [-0.2, 0) is 28.6 Å². The molecule has 2 aromatic rings. The van der Waals surface area contributed by atoms with Crippen LogP contribution < -0.4 is 15.8 Å². The van der Waals surface area contributed by atoms with Crippen molar-refractivity contribution in [3.05, 3.63) is 40.1 Å². The molecule has 4 heterocycles. The molecule has 256 valence electrons. The molecule has 2 aliphatic rings. The number of piperazine rings is 1. The van der Waals surface area contributed by atoms with E-state index in [1.807, 2.05) is 4.90 Å². The number of aromatic nitrogens is 4. The van der Waals surface area contributed by atoms with Gasteiger partial charge in [-0.1, -0.05) is 19.6 Å². The van der Waals surface area contributed by atoms with Crippen LogP contribution in [0.1, 0.15) is 24.5 Å². The van der Waals surface area contributed by atoms with Gasteiger partial charge >= 0.3 is 12.4 Å². The fourth-order valence-electron chi connectivity index (χ4n) is 5.41. The molecule has 2 aromatic heterocycles. The molecule has 0 spiro atoms. The Morgan fingerprint density at radius 2 is 1.67 bits per heavy atom. The number of halogens is 6. The second kappa shape index (κ2) is 14.2. The molecule has 1 N–H and O–H groups in total. The van der Waals surface area contributed by atoms with Crippen molar-refractivity contribution in [1.29, 1.82) is 0 Å². The maximum atomic E-state index is 14.0. The standard InChI is InChI=1S/C28H40F6N8O3Si/c1-19(38-22-15-37-42(18-45-11-12-46(2,3)4)25(44)23(22)28(32,33)34)16-39-6-5-20(17-39)24(43)40-7-9-41(10-8-40)26-35-13-21(14-36-26)27(29,30)31/h13-15,19-20,38H,5-12,16-18H2,1-4H3/t19?,20-/m0/s1. The Kier molecular flexibility index (Phi) is 11.0.